The molecule has 92 valence electrons. The molecule has 0 aliphatic carbocycles. The lowest BCUT2D eigenvalue weighted by Gasteiger charge is -1.97. The summed E-state index contributed by atoms with van der Waals surface area (Å²) < 4.78 is 5.49. The minimum Gasteiger partial charge on any atom is -0.444 e. The van der Waals surface area contributed by atoms with Gasteiger partial charge >= 0.3 is 0 Å². The Kier molecular flexibility index (Phi) is 3.59. The first-order valence-electron chi connectivity index (χ1n) is 5.63. The molecule has 0 bridgehead atoms. The standard InChI is InChI=1S/C12H17N3OS/c1-7-9(3)16-11(14-7)5-13-6-12-15-8(2)10(4)17-12/h13H,5-6H2,1-4H3. The molecule has 17 heavy (non-hydrogen) atoms. The van der Waals surface area contributed by atoms with Crippen LogP contribution < -0.4 is 5.32 Å². The van der Waals surface area contributed by atoms with Crippen molar-refractivity contribution in [3.8, 4) is 0 Å². The van der Waals surface area contributed by atoms with E-state index in [9.17, 15) is 0 Å². The van der Waals surface area contributed by atoms with Crippen molar-refractivity contribution in [2.45, 2.75) is 40.8 Å². The van der Waals surface area contributed by atoms with E-state index in [0.29, 0.717) is 6.54 Å². The summed E-state index contributed by atoms with van der Waals surface area (Å²) >= 11 is 1.73. The highest BCUT2D eigenvalue weighted by Gasteiger charge is 2.06. The maximum absolute atomic E-state index is 5.49. The molecule has 2 rings (SSSR count). The normalized spacial score (nSPS) is 11.1. The van der Waals surface area contributed by atoms with Crippen molar-refractivity contribution in [3.05, 3.63) is 32.9 Å². The van der Waals surface area contributed by atoms with Gasteiger partial charge in [-0.2, -0.15) is 0 Å². The molecule has 2 aromatic heterocycles. The van der Waals surface area contributed by atoms with Crippen LogP contribution in [-0.2, 0) is 13.1 Å². The number of aryl methyl sites for hydroxylation is 4. The second kappa shape index (κ2) is 4.98. The summed E-state index contributed by atoms with van der Waals surface area (Å²) in [5, 5.41) is 4.40. The Labute approximate surface area is 105 Å². The molecule has 0 atom stereocenters. The molecule has 0 amide bonds. The quantitative estimate of drug-likeness (QED) is 0.907. The van der Waals surface area contributed by atoms with Gasteiger partial charge in [0.1, 0.15) is 10.8 Å². The number of rotatable bonds is 4. The van der Waals surface area contributed by atoms with Crippen LogP contribution in [0.15, 0.2) is 4.42 Å². The lowest BCUT2D eigenvalue weighted by molar-refractivity contribution is 0.448. The maximum Gasteiger partial charge on any atom is 0.208 e. The van der Waals surface area contributed by atoms with Crippen LogP contribution in [0.2, 0.25) is 0 Å². The lowest BCUT2D eigenvalue weighted by atomic mass is 10.4. The SMILES string of the molecule is Cc1nc(CNCc2nc(C)c(C)s2)oc1C. The van der Waals surface area contributed by atoms with Crippen LogP contribution in [0.4, 0.5) is 0 Å². The molecule has 4 nitrogen and oxygen atoms in total. The summed E-state index contributed by atoms with van der Waals surface area (Å²) in [7, 11) is 0. The third-order valence-electron chi connectivity index (χ3n) is 2.70. The third kappa shape index (κ3) is 2.92. The van der Waals surface area contributed by atoms with E-state index < -0.39 is 0 Å². The zero-order chi connectivity index (χ0) is 12.4. The number of nitrogens with zero attached hydrogens (tertiary/aromatic N) is 2. The van der Waals surface area contributed by atoms with E-state index in [4.69, 9.17) is 4.42 Å². The molecule has 0 aliphatic rings. The highest BCUT2D eigenvalue weighted by Crippen LogP contribution is 2.16. The Morgan fingerprint density at radius 3 is 2.35 bits per heavy atom. The fraction of sp³-hybridized carbons (Fsp3) is 0.500. The molecule has 0 aliphatic heterocycles. The summed E-state index contributed by atoms with van der Waals surface area (Å²) in [6.45, 7) is 9.43. The molecule has 1 N–H and O–H groups in total. The van der Waals surface area contributed by atoms with Gasteiger partial charge in [0.25, 0.3) is 0 Å². The van der Waals surface area contributed by atoms with Crippen LogP contribution in [-0.4, -0.2) is 9.97 Å². The van der Waals surface area contributed by atoms with Crippen LogP contribution in [0.25, 0.3) is 0 Å². The average molecular weight is 251 g/mol. The van der Waals surface area contributed by atoms with Crippen LogP contribution >= 0.6 is 11.3 Å². The van der Waals surface area contributed by atoms with E-state index in [-0.39, 0.29) is 0 Å². The van der Waals surface area contributed by atoms with Gasteiger partial charge in [0.05, 0.1) is 17.9 Å². The Balaban J connectivity index is 1.87. The van der Waals surface area contributed by atoms with Crippen molar-refractivity contribution in [3.63, 3.8) is 0 Å². The first kappa shape index (κ1) is 12.3. The van der Waals surface area contributed by atoms with Gasteiger partial charge < -0.3 is 9.73 Å². The Morgan fingerprint density at radius 2 is 1.82 bits per heavy atom. The topological polar surface area (TPSA) is 51.0 Å². The van der Waals surface area contributed by atoms with Crippen LogP contribution in [0, 0.1) is 27.7 Å². The number of hydrogen-bond acceptors (Lipinski definition) is 5. The molecule has 0 saturated carbocycles. The number of thiazole rings is 1. The van der Waals surface area contributed by atoms with Crippen molar-refractivity contribution >= 4 is 11.3 Å². The van der Waals surface area contributed by atoms with Gasteiger partial charge in [-0.3, -0.25) is 0 Å². The largest absolute Gasteiger partial charge is 0.444 e. The van der Waals surface area contributed by atoms with Crippen molar-refractivity contribution in [2.24, 2.45) is 0 Å². The molecule has 2 aromatic rings. The predicted molar refractivity (Wildman–Crippen MR) is 68.1 cm³/mol. The highest BCUT2D eigenvalue weighted by molar-refractivity contribution is 7.11. The molecular weight excluding hydrogens is 234 g/mol. The van der Waals surface area contributed by atoms with Crippen molar-refractivity contribution in [1.82, 2.24) is 15.3 Å². The zero-order valence-electron chi connectivity index (χ0n) is 10.6. The van der Waals surface area contributed by atoms with Crippen LogP contribution in [0.5, 0.6) is 0 Å². The van der Waals surface area contributed by atoms with Crippen molar-refractivity contribution in [2.75, 3.05) is 0 Å². The van der Waals surface area contributed by atoms with Crippen LogP contribution in [0.3, 0.4) is 0 Å². The minimum absolute atomic E-state index is 0.645. The van der Waals surface area contributed by atoms with E-state index in [2.05, 4.69) is 22.2 Å². The zero-order valence-corrected chi connectivity index (χ0v) is 11.4. The predicted octanol–water partition coefficient (Wildman–Crippen LogP) is 2.65. The molecular formula is C12H17N3OS. The molecule has 0 fully saturated rings. The monoisotopic (exact) mass is 251 g/mol. The van der Waals surface area contributed by atoms with Crippen molar-refractivity contribution in [1.29, 1.82) is 0 Å². The third-order valence-corrected chi connectivity index (χ3v) is 3.77. The van der Waals surface area contributed by atoms with Gasteiger partial charge in [0.2, 0.25) is 5.89 Å². The first-order valence-corrected chi connectivity index (χ1v) is 6.44. The molecule has 0 saturated heterocycles. The van der Waals surface area contributed by atoms with Gasteiger partial charge in [0, 0.05) is 11.4 Å². The Hall–Kier alpha value is -1.20. The molecule has 5 heteroatoms. The number of aromatic nitrogens is 2. The van der Waals surface area contributed by atoms with E-state index in [1.807, 2.05) is 20.8 Å². The Morgan fingerprint density at radius 1 is 1.06 bits per heavy atom. The van der Waals surface area contributed by atoms with E-state index in [1.165, 1.54) is 4.88 Å². The molecule has 0 aromatic carbocycles. The average Bonchev–Trinajstić information content (AvgIpc) is 2.73. The number of nitrogens with one attached hydrogen (secondary N) is 1. The van der Waals surface area contributed by atoms with Gasteiger partial charge in [-0.25, -0.2) is 9.97 Å². The van der Waals surface area contributed by atoms with E-state index in [0.717, 1.165) is 34.6 Å². The first-order chi connectivity index (χ1) is 8.06. The fourth-order valence-corrected chi connectivity index (χ4v) is 2.41. The smallest absolute Gasteiger partial charge is 0.208 e. The second-order valence-corrected chi connectivity index (χ2v) is 5.39. The van der Waals surface area contributed by atoms with E-state index >= 15 is 0 Å². The number of hydrogen-bond donors (Lipinski definition) is 1. The molecule has 0 radical (unpaired) electrons. The highest BCUT2D eigenvalue weighted by atomic mass is 32.1. The van der Waals surface area contributed by atoms with E-state index in [1.54, 1.807) is 11.3 Å². The van der Waals surface area contributed by atoms with Crippen LogP contribution in [0.1, 0.15) is 32.9 Å². The minimum atomic E-state index is 0.645. The summed E-state index contributed by atoms with van der Waals surface area (Å²) in [6, 6.07) is 0. The van der Waals surface area contributed by atoms with Gasteiger partial charge in [-0.1, -0.05) is 0 Å². The van der Waals surface area contributed by atoms with Gasteiger partial charge in [0.15, 0.2) is 0 Å². The number of oxazole rings is 1. The molecule has 0 spiro atoms. The summed E-state index contributed by atoms with van der Waals surface area (Å²) in [5.41, 5.74) is 2.08. The van der Waals surface area contributed by atoms with Gasteiger partial charge in [-0.15, -0.1) is 11.3 Å². The molecule has 2 heterocycles. The maximum atomic E-state index is 5.49. The second-order valence-electron chi connectivity index (χ2n) is 4.10. The summed E-state index contributed by atoms with van der Waals surface area (Å²) in [5.74, 6) is 1.63. The summed E-state index contributed by atoms with van der Waals surface area (Å²) in [4.78, 5) is 10.1. The Bertz CT molecular complexity index is 431. The lowest BCUT2D eigenvalue weighted by Crippen LogP contribution is -2.12. The van der Waals surface area contributed by atoms with Gasteiger partial charge in [-0.05, 0) is 27.7 Å². The summed E-state index contributed by atoms with van der Waals surface area (Å²) in [6.07, 6.45) is 0. The fourth-order valence-electron chi connectivity index (χ4n) is 1.51. The van der Waals surface area contributed by atoms with Crippen molar-refractivity contribution < 1.29 is 4.42 Å². The molecule has 0 unspecified atom stereocenters.